The van der Waals surface area contributed by atoms with Gasteiger partial charge in [-0.15, -0.1) is 0 Å². The summed E-state index contributed by atoms with van der Waals surface area (Å²) in [4.78, 5) is 14.4. The average Bonchev–Trinajstić information content (AvgIpc) is 2.47. The van der Waals surface area contributed by atoms with E-state index in [2.05, 4.69) is 34.6 Å². The van der Waals surface area contributed by atoms with Gasteiger partial charge in [0.2, 0.25) is 5.91 Å². The fourth-order valence-electron chi connectivity index (χ4n) is 3.20. The Morgan fingerprint density at radius 3 is 2.77 bits per heavy atom. The lowest BCUT2D eigenvalue weighted by molar-refractivity contribution is -0.117. The molecule has 2 N–H and O–H groups in total. The van der Waals surface area contributed by atoms with Gasteiger partial charge in [0.1, 0.15) is 0 Å². The fourth-order valence-corrected chi connectivity index (χ4v) is 3.20. The molecule has 0 bridgehead atoms. The minimum atomic E-state index is 0.132. The standard InChI is InChI=1S/C18H29N3O/c1-14(16-7-9-19-10-8-16)11-18(22)20-17-6-4-5-15(12-17)13-21(2)3/h4-6,12,14,16,19H,7-11,13H2,1-3H3,(H,20,22). The normalized spacial score (nSPS) is 17.5. The van der Waals surface area contributed by atoms with E-state index in [1.807, 2.05) is 26.2 Å². The molecule has 0 aromatic heterocycles. The van der Waals surface area contributed by atoms with Crippen LogP contribution in [-0.2, 0) is 11.3 Å². The Morgan fingerprint density at radius 1 is 1.36 bits per heavy atom. The van der Waals surface area contributed by atoms with Crippen molar-refractivity contribution in [3.05, 3.63) is 29.8 Å². The van der Waals surface area contributed by atoms with E-state index in [4.69, 9.17) is 0 Å². The minimum Gasteiger partial charge on any atom is -0.326 e. The number of benzene rings is 1. The first kappa shape index (κ1) is 17.0. The number of piperidine rings is 1. The van der Waals surface area contributed by atoms with Crippen LogP contribution in [0, 0.1) is 11.8 Å². The zero-order valence-electron chi connectivity index (χ0n) is 14.1. The van der Waals surface area contributed by atoms with Crippen LogP contribution in [0.15, 0.2) is 24.3 Å². The van der Waals surface area contributed by atoms with Crippen LogP contribution in [0.2, 0.25) is 0 Å². The van der Waals surface area contributed by atoms with Gasteiger partial charge >= 0.3 is 0 Å². The third-order valence-corrected chi connectivity index (χ3v) is 4.41. The Hall–Kier alpha value is -1.39. The highest BCUT2D eigenvalue weighted by atomic mass is 16.1. The smallest absolute Gasteiger partial charge is 0.224 e. The van der Waals surface area contributed by atoms with Crippen molar-refractivity contribution < 1.29 is 4.79 Å². The van der Waals surface area contributed by atoms with Crippen LogP contribution in [0.25, 0.3) is 0 Å². The number of carbonyl (C=O) groups excluding carboxylic acids is 1. The van der Waals surface area contributed by atoms with Crippen LogP contribution in [0.1, 0.15) is 31.7 Å². The van der Waals surface area contributed by atoms with E-state index < -0.39 is 0 Å². The summed E-state index contributed by atoms with van der Waals surface area (Å²) in [5.41, 5.74) is 2.12. The maximum absolute atomic E-state index is 12.3. The predicted octanol–water partition coefficient (Wildman–Crippen LogP) is 2.71. The average molecular weight is 303 g/mol. The fraction of sp³-hybridized carbons (Fsp3) is 0.611. The van der Waals surface area contributed by atoms with Gasteiger partial charge in [-0.05, 0) is 69.6 Å². The highest BCUT2D eigenvalue weighted by molar-refractivity contribution is 5.90. The summed E-state index contributed by atoms with van der Waals surface area (Å²) in [5, 5.41) is 6.43. The lowest BCUT2D eigenvalue weighted by Crippen LogP contribution is -2.32. The summed E-state index contributed by atoms with van der Waals surface area (Å²) >= 11 is 0. The molecule has 4 heteroatoms. The van der Waals surface area contributed by atoms with Crippen molar-refractivity contribution >= 4 is 11.6 Å². The molecule has 1 fully saturated rings. The number of carbonyl (C=O) groups is 1. The van der Waals surface area contributed by atoms with Crippen molar-refractivity contribution in [2.24, 2.45) is 11.8 Å². The van der Waals surface area contributed by atoms with Gasteiger partial charge in [0.05, 0.1) is 0 Å². The zero-order valence-corrected chi connectivity index (χ0v) is 14.1. The molecule has 122 valence electrons. The predicted molar refractivity (Wildman–Crippen MR) is 91.8 cm³/mol. The first-order valence-electron chi connectivity index (χ1n) is 8.29. The van der Waals surface area contributed by atoms with E-state index >= 15 is 0 Å². The number of hydrogen-bond acceptors (Lipinski definition) is 3. The molecule has 1 aromatic rings. The van der Waals surface area contributed by atoms with Crippen molar-refractivity contribution in [1.82, 2.24) is 10.2 Å². The van der Waals surface area contributed by atoms with Crippen molar-refractivity contribution in [2.45, 2.75) is 32.7 Å². The quantitative estimate of drug-likeness (QED) is 0.849. The molecule has 0 saturated carbocycles. The first-order valence-corrected chi connectivity index (χ1v) is 8.29. The van der Waals surface area contributed by atoms with Crippen LogP contribution in [0.4, 0.5) is 5.69 Å². The highest BCUT2D eigenvalue weighted by Crippen LogP contribution is 2.24. The summed E-state index contributed by atoms with van der Waals surface area (Å²) in [5.74, 6) is 1.26. The van der Waals surface area contributed by atoms with E-state index in [1.165, 1.54) is 18.4 Å². The largest absolute Gasteiger partial charge is 0.326 e. The molecule has 4 nitrogen and oxygen atoms in total. The molecule has 1 unspecified atom stereocenters. The second-order valence-electron chi connectivity index (χ2n) is 6.76. The summed E-state index contributed by atoms with van der Waals surface area (Å²) in [6.45, 7) is 5.26. The molecule has 1 atom stereocenters. The minimum absolute atomic E-state index is 0.132. The lowest BCUT2D eigenvalue weighted by atomic mass is 9.84. The topological polar surface area (TPSA) is 44.4 Å². The van der Waals surface area contributed by atoms with Gasteiger partial charge in [-0.2, -0.15) is 0 Å². The van der Waals surface area contributed by atoms with E-state index in [1.54, 1.807) is 0 Å². The monoisotopic (exact) mass is 303 g/mol. The number of nitrogens with zero attached hydrogens (tertiary/aromatic N) is 1. The molecule has 1 heterocycles. The van der Waals surface area contributed by atoms with E-state index in [-0.39, 0.29) is 5.91 Å². The molecule has 22 heavy (non-hydrogen) atoms. The summed E-state index contributed by atoms with van der Waals surface area (Å²) < 4.78 is 0. The molecule has 1 aliphatic rings. The Kier molecular flexibility index (Phi) is 6.40. The van der Waals surface area contributed by atoms with Crippen molar-refractivity contribution in [2.75, 3.05) is 32.5 Å². The second-order valence-corrected chi connectivity index (χ2v) is 6.76. The van der Waals surface area contributed by atoms with Crippen LogP contribution in [-0.4, -0.2) is 38.0 Å². The highest BCUT2D eigenvalue weighted by Gasteiger charge is 2.22. The van der Waals surface area contributed by atoms with Gasteiger partial charge in [-0.3, -0.25) is 4.79 Å². The van der Waals surface area contributed by atoms with Gasteiger partial charge < -0.3 is 15.5 Å². The molecule has 1 saturated heterocycles. The van der Waals surface area contributed by atoms with Crippen LogP contribution in [0.5, 0.6) is 0 Å². The maximum Gasteiger partial charge on any atom is 0.224 e. The summed E-state index contributed by atoms with van der Waals surface area (Å²) in [6.07, 6.45) is 2.99. The summed E-state index contributed by atoms with van der Waals surface area (Å²) in [6, 6.07) is 8.12. The Morgan fingerprint density at radius 2 is 2.09 bits per heavy atom. The first-order chi connectivity index (χ1) is 10.5. The van der Waals surface area contributed by atoms with E-state index in [0.717, 1.165) is 25.3 Å². The molecule has 2 rings (SSSR count). The van der Waals surface area contributed by atoms with E-state index in [0.29, 0.717) is 18.3 Å². The van der Waals surface area contributed by atoms with E-state index in [9.17, 15) is 4.79 Å². The number of rotatable bonds is 6. The molecular formula is C18H29N3O. The Labute approximate surface area is 134 Å². The van der Waals surface area contributed by atoms with Crippen molar-refractivity contribution in [1.29, 1.82) is 0 Å². The third kappa shape index (κ3) is 5.43. The second kappa shape index (κ2) is 8.30. The Balaban J connectivity index is 1.85. The molecule has 0 radical (unpaired) electrons. The van der Waals surface area contributed by atoms with Crippen molar-refractivity contribution in [3.8, 4) is 0 Å². The molecule has 1 aliphatic heterocycles. The number of amides is 1. The number of hydrogen-bond donors (Lipinski definition) is 2. The zero-order chi connectivity index (χ0) is 15.9. The van der Waals surface area contributed by atoms with Crippen molar-refractivity contribution in [3.63, 3.8) is 0 Å². The molecule has 1 aromatic carbocycles. The van der Waals surface area contributed by atoms with Crippen LogP contribution >= 0.6 is 0 Å². The van der Waals surface area contributed by atoms with Crippen LogP contribution in [0.3, 0.4) is 0 Å². The van der Waals surface area contributed by atoms with Gasteiger partial charge in [0, 0.05) is 18.7 Å². The van der Waals surface area contributed by atoms with Gasteiger partial charge in [-0.1, -0.05) is 19.1 Å². The number of anilines is 1. The van der Waals surface area contributed by atoms with Gasteiger partial charge in [-0.25, -0.2) is 0 Å². The van der Waals surface area contributed by atoms with Crippen LogP contribution < -0.4 is 10.6 Å². The molecule has 0 spiro atoms. The summed E-state index contributed by atoms with van der Waals surface area (Å²) in [7, 11) is 4.10. The molecule has 1 amide bonds. The molecular weight excluding hydrogens is 274 g/mol. The Bertz CT molecular complexity index is 481. The number of nitrogens with one attached hydrogen (secondary N) is 2. The molecule has 0 aliphatic carbocycles. The maximum atomic E-state index is 12.3. The third-order valence-electron chi connectivity index (χ3n) is 4.41. The SMILES string of the molecule is CC(CC(=O)Nc1cccc(CN(C)C)c1)C1CCNCC1. The van der Waals surface area contributed by atoms with Gasteiger partial charge in [0.15, 0.2) is 0 Å². The van der Waals surface area contributed by atoms with Gasteiger partial charge in [0.25, 0.3) is 0 Å². The lowest BCUT2D eigenvalue weighted by Gasteiger charge is -2.27.